The van der Waals surface area contributed by atoms with Gasteiger partial charge in [-0.1, -0.05) is 129 Å². The molecule has 6 aromatic carbocycles. The fourth-order valence-electron chi connectivity index (χ4n) is 8.90. The molecule has 2 atom stereocenters. The van der Waals surface area contributed by atoms with Gasteiger partial charge in [0.15, 0.2) is 0 Å². The van der Waals surface area contributed by atoms with Crippen LogP contribution in [0.15, 0.2) is 169 Å². The molecule has 0 saturated carbocycles. The molecule has 0 amide bonds. The number of hydrogen-bond donors (Lipinski definition) is 1. The second-order valence-corrected chi connectivity index (χ2v) is 14.4. The van der Waals surface area contributed by atoms with Gasteiger partial charge < -0.3 is 4.90 Å². The normalized spacial score (nSPS) is 19.6. The van der Waals surface area contributed by atoms with Crippen molar-refractivity contribution in [2.75, 3.05) is 4.90 Å². The molecular weight excluding hydrogens is 607 g/mol. The summed E-state index contributed by atoms with van der Waals surface area (Å²) in [6, 6.07) is 57.8. The lowest BCUT2D eigenvalue weighted by Gasteiger charge is -2.33. The molecule has 3 heteroatoms. The van der Waals surface area contributed by atoms with E-state index in [1.807, 2.05) is 0 Å². The minimum absolute atomic E-state index is 0.00197. The molecule has 50 heavy (non-hydrogen) atoms. The van der Waals surface area contributed by atoms with Gasteiger partial charge in [0.1, 0.15) is 5.69 Å². The van der Waals surface area contributed by atoms with Crippen molar-refractivity contribution < 1.29 is 4.58 Å². The molecule has 0 bridgehead atoms. The van der Waals surface area contributed by atoms with Crippen LogP contribution in [0.25, 0.3) is 22.3 Å². The van der Waals surface area contributed by atoms with Crippen LogP contribution in [0.2, 0.25) is 0 Å². The van der Waals surface area contributed by atoms with Crippen LogP contribution in [0.4, 0.5) is 17.1 Å². The minimum atomic E-state index is -0.00197. The van der Waals surface area contributed by atoms with Crippen LogP contribution in [0, 0.1) is 0 Å². The Morgan fingerprint density at radius 1 is 0.640 bits per heavy atom. The summed E-state index contributed by atoms with van der Waals surface area (Å²) >= 11 is 0. The van der Waals surface area contributed by atoms with E-state index in [0.29, 0.717) is 0 Å². The third-order valence-corrected chi connectivity index (χ3v) is 11.3. The first-order chi connectivity index (χ1) is 24.6. The van der Waals surface area contributed by atoms with Gasteiger partial charge in [-0.25, -0.2) is 5.32 Å². The maximum absolute atomic E-state index is 3.87. The molecular formula is C47H38N3+. The first kappa shape index (κ1) is 29.0. The van der Waals surface area contributed by atoms with Gasteiger partial charge in [0.25, 0.3) is 12.0 Å². The van der Waals surface area contributed by atoms with Crippen LogP contribution in [0.3, 0.4) is 0 Å². The Labute approximate surface area is 294 Å². The van der Waals surface area contributed by atoms with E-state index < -0.39 is 0 Å². The van der Waals surface area contributed by atoms with E-state index in [1.165, 1.54) is 72.7 Å². The van der Waals surface area contributed by atoms with E-state index in [0.717, 1.165) is 12.3 Å². The second kappa shape index (κ2) is 11.0. The fraction of sp³-hybridized carbons (Fsp3) is 0.128. The van der Waals surface area contributed by atoms with Crippen LogP contribution >= 0.6 is 0 Å². The van der Waals surface area contributed by atoms with Crippen LogP contribution < -0.4 is 10.2 Å². The van der Waals surface area contributed by atoms with Gasteiger partial charge in [0.05, 0.1) is 11.6 Å². The number of para-hydroxylation sites is 2. The molecule has 2 aliphatic heterocycles. The van der Waals surface area contributed by atoms with Crippen molar-refractivity contribution in [3.8, 4) is 11.1 Å². The van der Waals surface area contributed by atoms with E-state index in [-0.39, 0.29) is 17.6 Å². The zero-order valence-electron chi connectivity index (χ0n) is 28.3. The first-order valence-corrected chi connectivity index (χ1v) is 17.8. The van der Waals surface area contributed by atoms with E-state index in [9.17, 15) is 0 Å². The zero-order chi connectivity index (χ0) is 33.4. The van der Waals surface area contributed by atoms with Gasteiger partial charge in [-0.05, 0) is 93.9 Å². The molecule has 2 heterocycles. The first-order valence-electron chi connectivity index (χ1n) is 17.8. The van der Waals surface area contributed by atoms with Crippen LogP contribution in [0.1, 0.15) is 54.3 Å². The monoisotopic (exact) mass is 644 g/mol. The molecule has 240 valence electrons. The summed E-state index contributed by atoms with van der Waals surface area (Å²) < 4.78 is 2.44. The summed E-state index contributed by atoms with van der Waals surface area (Å²) in [6.45, 7) is 4.78. The maximum Gasteiger partial charge on any atom is 0.289 e. The highest BCUT2D eigenvalue weighted by Crippen LogP contribution is 2.59. The summed E-state index contributed by atoms with van der Waals surface area (Å²) in [5, 5.41) is 3.87. The van der Waals surface area contributed by atoms with Crippen LogP contribution in [0.5, 0.6) is 0 Å². The van der Waals surface area contributed by atoms with Gasteiger partial charge in [0, 0.05) is 27.9 Å². The highest BCUT2D eigenvalue weighted by Gasteiger charge is 2.47. The van der Waals surface area contributed by atoms with E-state index in [1.54, 1.807) is 0 Å². The van der Waals surface area contributed by atoms with Crippen molar-refractivity contribution in [1.82, 2.24) is 5.32 Å². The molecule has 0 saturated heterocycles. The summed E-state index contributed by atoms with van der Waals surface area (Å²) in [7, 11) is 0. The highest BCUT2D eigenvalue weighted by atomic mass is 15.3. The average molecular weight is 645 g/mol. The SMILES string of the molecule is CC1(C)C2=CCC3C(=C2c2ccccc21)c1ccccc1N3c1cccc(C2=[N+](c3ccccc3)C(c3ccc(-c4ccccc4)cc3)N2)c1. The molecule has 0 radical (unpaired) electrons. The standard InChI is InChI=1S/C47H37N3/c1-47(2)39-22-11-9-20-37(39)43-40(47)28-29-42-44(43)38-21-10-12-23-41(38)49(42)36-19-13-16-34(30-36)46-48-45(50(46)35-17-7-4-8-18-35)33-26-24-32(25-27-33)31-14-5-3-6-15-31/h3-28,30,42,45H,29H2,1-2H3/p+1. The van der Waals surface area contributed by atoms with Crippen LogP contribution in [-0.2, 0) is 5.41 Å². The van der Waals surface area contributed by atoms with Gasteiger partial charge in [0.2, 0.25) is 0 Å². The Bertz CT molecular complexity index is 2400. The van der Waals surface area contributed by atoms with Crippen molar-refractivity contribution in [1.29, 1.82) is 0 Å². The third kappa shape index (κ3) is 4.26. The molecule has 3 nitrogen and oxygen atoms in total. The molecule has 2 aliphatic carbocycles. The van der Waals surface area contributed by atoms with Crippen molar-refractivity contribution in [3.63, 3.8) is 0 Å². The zero-order valence-corrected chi connectivity index (χ0v) is 28.3. The van der Waals surface area contributed by atoms with Crippen molar-refractivity contribution in [3.05, 3.63) is 197 Å². The summed E-state index contributed by atoms with van der Waals surface area (Å²) in [5.74, 6) is 1.12. The molecule has 0 fully saturated rings. The van der Waals surface area contributed by atoms with Crippen molar-refractivity contribution in [2.24, 2.45) is 0 Å². The summed E-state index contributed by atoms with van der Waals surface area (Å²) in [5.41, 5.74) is 17.1. The van der Waals surface area contributed by atoms with Gasteiger partial charge >= 0.3 is 0 Å². The minimum Gasteiger partial charge on any atom is -0.333 e. The summed E-state index contributed by atoms with van der Waals surface area (Å²) in [6.07, 6.45) is 3.55. The van der Waals surface area contributed by atoms with Crippen molar-refractivity contribution in [2.45, 2.75) is 37.9 Å². The number of hydrogen-bond acceptors (Lipinski definition) is 2. The fourth-order valence-corrected chi connectivity index (χ4v) is 8.90. The van der Waals surface area contributed by atoms with E-state index >= 15 is 0 Å². The number of amidine groups is 1. The highest BCUT2D eigenvalue weighted by molar-refractivity contribution is 6.12. The lowest BCUT2D eigenvalue weighted by Crippen LogP contribution is -2.51. The van der Waals surface area contributed by atoms with E-state index in [2.05, 4.69) is 192 Å². The predicted octanol–water partition coefficient (Wildman–Crippen LogP) is 10.8. The van der Waals surface area contributed by atoms with Gasteiger partial charge in [-0.3, -0.25) is 0 Å². The maximum atomic E-state index is 3.87. The number of nitrogens with one attached hydrogen (secondary N) is 1. The molecule has 2 unspecified atom stereocenters. The lowest BCUT2D eigenvalue weighted by atomic mass is 9.77. The molecule has 10 rings (SSSR count). The van der Waals surface area contributed by atoms with E-state index in [4.69, 9.17) is 0 Å². The van der Waals surface area contributed by atoms with Crippen LogP contribution in [-0.4, -0.2) is 16.5 Å². The predicted molar refractivity (Wildman–Crippen MR) is 206 cm³/mol. The molecule has 0 spiro atoms. The number of benzene rings is 6. The molecule has 4 aliphatic rings. The Kier molecular flexibility index (Phi) is 6.41. The largest absolute Gasteiger partial charge is 0.333 e. The molecule has 0 aromatic heterocycles. The molecule has 6 aromatic rings. The Balaban J connectivity index is 1.06. The second-order valence-electron chi connectivity index (χ2n) is 14.4. The quantitative estimate of drug-likeness (QED) is 0.188. The lowest BCUT2D eigenvalue weighted by molar-refractivity contribution is -0.531. The van der Waals surface area contributed by atoms with Gasteiger partial charge in [-0.2, -0.15) is 4.58 Å². The number of rotatable bonds is 5. The third-order valence-electron chi connectivity index (χ3n) is 11.3. The number of allylic oxidation sites excluding steroid dienone is 2. The average Bonchev–Trinajstić information content (AvgIpc) is 3.61. The van der Waals surface area contributed by atoms with Gasteiger partial charge in [-0.15, -0.1) is 0 Å². The number of fused-ring (bicyclic) bond motifs is 6. The van der Waals surface area contributed by atoms with Crippen molar-refractivity contribution >= 4 is 34.0 Å². The topological polar surface area (TPSA) is 18.3 Å². The number of nitrogens with zero attached hydrogens (tertiary/aromatic N) is 2. The summed E-state index contributed by atoms with van der Waals surface area (Å²) in [4.78, 5) is 2.59. The smallest absolute Gasteiger partial charge is 0.289 e. The Morgan fingerprint density at radius 3 is 2.10 bits per heavy atom. The Hall–Kier alpha value is -5.93. The number of anilines is 2. The Morgan fingerprint density at radius 2 is 1.30 bits per heavy atom. The molecule has 1 N–H and O–H groups in total.